The minimum atomic E-state index is 0.846. The summed E-state index contributed by atoms with van der Waals surface area (Å²) in [5.41, 5.74) is 3.39. The third kappa shape index (κ3) is 3.32. The highest BCUT2D eigenvalue weighted by molar-refractivity contribution is 7.16. The molecule has 0 aliphatic carbocycles. The van der Waals surface area contributed by atoms with Crippen LogP contribution in [0.4, 0.5) is 16.4 Å². The van der Waals surface area contributed by atoms with E-state index in [0.29, 0.717) is 0 Å². The SMILES string of the molecule is Cc1cc2c(s1)Nc1ccccc1NC2=NCCN1CCCCC1. The van der Waals surface area contributed by atoms with E-state index in [9.17, 15) is 0 Å². The molecule has 2 aromatic rings. The van der Waals surface area contributed by atoms with Crippen molar-refractivity contribution < 1.29 is 0 Å². The maximum Gasteiger partial charge on any atom is 0.135 e. The summed E-state index contributed by atoms with van der Waals surface area (Å²) in [6, 6.07) is 10.6. The molecule has 24 heavy (non-hydrogen) atoms. The lowest BCUT2D eigenvalue weighted by Crippen LogP contribution is -2.32. The summed E-state index contributed by atoms with van der Waals surface area (Å²) in [6.07, 6.45) is 4.05. The molecule has 2 aliphatic heterocycles. The number of hydrogen-bond donors (Lipinski definition) is 2. The highest BCUT2D eigenvalue weighted by Crippen LogP contribution is 2.37. The molecular formula is C19H24N4S. The first-order valence-electron chi connectivity index (χ1n) is 8.80. The zero-order valence-corrected chi connectivity index (χ0v) is 15.0. The molecule has 1 saturated heterocycles. The maximum atomic E-state index is 4.92. The number of benzene rings is 1. The third-order valence-electron chi connectivity index (χ3n) is 4.67. The third-order valence-corrected chi connectivity index (χ3v) is 5.64. The number of aliphatic imine (C=N–C) groups is 1. The van der Waals surface area contributed by atoms with E-state index in [1.54, 1.807) is 11.3 Å². The van der Waals surface area contributed by atoms with Gasteiger partial charge in [-0.15, -0.1) is 11.3 Å². The molecule has 0 radical (unpaired) electrons. The van der Waals surface area contributed by atoms with E-state index >= 15 is 0 Å². The van der Waals surface area contributed by atoms with Crippen LogP contribution >= 0.6 is 11.3 Å². The summed E-state index contributed by atoms with van der Waals surface area (Å²) in [5.74, 6) is 0.990. The van der Waals surface area contributed by atoms with Crippen molar-refractivity contribution in [1.82, 2.24) is 4.90 Å². The van der Waals surface area contributed by atoms with Gasteiger partial charge in [0, 0.05) is 11.4 Å². The van der Waals surface area contributed by atoms with E-state index in [-0.39, 0.29) is 0 Å². The number of para-hydroxylation sites is 2. The highest BCUT2D eigenvalue weighted by Gasteiger charge is 2.19. The Morgan fingerprint density at radius 1 is 1.08 bits per heavy atom. The van der Waals surface area contributed by atoms with Crippen molar-refractivity contribution in [3.63, 3.8) is 0 Å². The van der Waals surface area contributed by atoms with Crippen LogP contribution in [0.15, 0.2) is 35.3 Å². The zero-order chi connectivity index (χ0) is 16.4. The molecule has 0 unspecified atom stereocenters. The average molecular weight is 340 g/mol. The maximum absolute atomic E-state index is 4.92. The summed E-state index contributed by atoms with van der Waals surface area (Å²) in [4.78, 5) is 8.76. The molecule has 2 N–H and O–H groups in total. The lowest BCUT2D eigenvalue weighted by molar-refractivity contribution is 0.235. The normalized spacial score (nSPS) is 19.1. The molecular weight excluding hydrogens is 316 g/mol. The lowest BCUT2D eigenvalue weighted by Gasteiger charge is -2.25. The van der Waals surface area contributed by atoms with Crippen molar-refractivity contribution in [3.8, 4) is 0 Å². The molecule has 4 rings (SSSR count). The summed E-state index contributed by atoms with van der Waals surface area (Å²) >= 11 is 1.79. The van der Waals surface area contributed by atoms with Crippen molar-refractivity contribution in [1.29, 1.82) is 0 Å². The van der Waals surface area contributed by atoms with Gasteiger partial charge in [-0.25, -0.2) is 0 Å². The predicted molar refractivity (Wildman–Crippen MR) is 104 cm³/mol. The van der Waals surface area contributed by atoms with Gasteiger partial charge in [0.05, 0.1) is 23.5 Å². The molecule has 2 aliphatic rings. The van der Waals surface area contributed by atoms with E-state index in [2.05, 4.69) is 52.8 Å². The number of amidine groups is 1. The Morgan fingerprint density at radius 2 is 1.83 bits per heavy atom. The minimum absolute atomic E-state index is 0.846. The Labute approximate surface area is 147 Å². The van der Waals surface area contributed by atoms with Crippen molar-refractivity contribution in [3.05, 3.63) is 40.8 Å². The Kier molecular flexibility index (Phi) is 4.54. The number of piperidine rings is 1. The molecule has 126 valence electrons. The fraction of sp³-hybridized carbons (Fsp3) is 0.421. The second-order valence-corrected chi connectivity index (χ2v) is 7.78. The van der Waals surface area contributed by atoms with Gasteiger partial charge in [0.15, 0.2) is 0 Å². The first-order chi connectivity index (χ1) is 11.8. The molecule has 1 aromatic heterocycles. The van der Waals surface area contributed by atoms with E-state index in [1.807, 2.05) is 0 Å². The molecule has 1 fully saturated rings. The van der Waals surface area contributed by atoms with Crippen molar-refractivity contribution in [2.45, 2.75) is 26.2 Å². The lowest BCUT2D eigenvalue weighted by atomic mass is 10.1. The number of hydrogen-bond acceptors (Lipinski definition) is 4. The summed E-state index contributed by atoms with van der Waals surface area (Å²) in [6.45, 7) is 6.51. The summed E-state index contributed by atoms with van der Waals surface area (Å²) in [5, 5.41) is 8.28. The van der Waals surface area contributed by atoms with Crippen LogP contribution < -0.4 is 10.6 Å². The smallest absolute Gasteiger partial charge is 0.135 e. The number of aryl methyl sites for hydroxylation is 1. The van der Waals surface area contributed by atoms with Gasteiger partial charge in [0.25, 0.3) is 0 Å². The second-order valence-electron chi connectivity index (χ2n) is 6.53. The van der Waals surface area contributed by atoms with E-state index in [4.69, 9.17) is 4.99 Å². The van der Waals surface area contributed by atoms with Gasteiger partial charge in [-0.3, -0.25) is 4.99 Å². The second kappa shape index (κ2) is 6.95. The Hall–Kier alpha value is -1.85. The van der Waals surface area contributed by atoms with Gasteiger partial charge in [0.1, 0.15) is 10.8 Å². The molecule has 3 heterocycles. The number of fused-ring (bicyclic) bond motifs is 2. The number of nitrogens with zero attached hydrogens (tertiary/aromatic N) is 2. The van der Waals surface area contributed by atoms with Crippen molar-refractivity contribution in [2.24, 2.45) is 4.99 Å². The van der Waals surface area contributed by atoms with Crippen LogP contribution in [-0.2, 0) is 0 Å². The molecule has 0 saturated carbocycles. The highest BCUT2D eigenvalue weighted by atomic mass is 32.1. The number of nitrogens with one attached hydrogen (secondary N) is 2. The number of likely N-dealkylation sites (tertiary alicyclic amines) is 1. The van der Waals surface area contributed by atoms with Crippen LogP contribution in [0.1, 0.15) is 29.7 Å². The molecule has 0 amide bonds. The minimum Gasteiger partial charge on any atom is -0.345 e. The van der Waals surface area contributed by atoms with Gasteiger partial charge < -0.3 is 15.5 Å². The molecule has 0 spiro atoms. The van der Waals surface area contributed by atoms with E-state index in [1.165, 1.54) is 47.8 Å². The van der Waals surface area contributed by atoms with Crippen LogP contribution in [0.3, 0.4) is 0 Å². The number of anilines is 3. The fourth-order valence-corrected chi connectivity index (χ4v) is 4.34. The number of thiophene rings is 1. The number of rotatable bonds is 3. The van der Waals surface area contributed by atoms with Gasteiger partial charge in [-0.2, -0.15) is 0 Å². The van der Waals surface area contributed by atoms with E-state index in [0.717, 1.165) is 30.3 Å². The van der Waals surface area contributed by atoms with Gasteiger partial charge in [-0.05, 0) is 51.1 Å². The van der Waals surface area contributed by atoms with Gasteiger partial charge >= 0.3 is 0 Å². The van der Waals surface area contributed by atoms with Crippen molar-refractivity contribution >= 4 is 33.5 Å². The largest absolute Gasteiger partial charge is 0.345 e. The zero-order valence-electron chi connectivity index (χ0n) is 14.1. The quantitative estimate of drug-likeness (QED) is 0.867. The summed E-state index contributed by atoms with van der Waals surface area (Å²) in [7, 11) is 0. The van der Waals surface area contributed by atoms with E-state index < -0.39 is 0 Å². The van der Waals surface area contributed by atoms with Gasteiger partial charge in [-0.1, -0.05) is 18.6 Å². The fourth-order valence-electron chi connectivity index (χ4n) is 3.41. The Bertz CT molecular complexity index is 744. The monoisotopic (exact) mass is 340 g/mol. The molecule has 1 aromatic carbocycles. The molecule has 0 bridgehead atoms. The molecule has 4 nitrogen and oxygen atoms in total. The molecule has 5 heteroatoms. The first kappa shape index (κ1) is 15.7. The standard InChI is InChI=1S/C19H24N4S/c1-14-13-15-18(20-9-12-23-10-5-2-6-11-23)21-16-7-3-4-8-17(16)22-19(15)24-14/h3-4,7-8,13,22H,2,5-6,9-12H2,1H3,(H,20,21). The van der Waals surface area contributed by atoms with Crippen LogP contribution in [0.5, 0.6) is 0 Å². The van der Waals surface area contributed by atoms with Crippen molar-refractivity contribution in [2.75, 3.05) is 36.8 Å². The van der Waals surface area contributed by atoms with Crippen LogP contribution in [0, 0.1) is 6.92 Å². The molecule has 0 atom stereocenters. The summed E-state index contributed by atoms with van der Waals surface area (Å²) < 4.78 is 0. The van der Waals surface area contributed by atoms with Gasteiger partial charge in [0.2, 0.25) is 0 Å². The first-order valence-corrected chi connectivity index (χ1v) is 9.62. The Morgan fingerprint density at radius 3 is 2.62 bits per heavy atom. The van der Waals surface area contributed by atoms with Crippen LogP contribution in [0.25, 0.3) is 0 Å². The Balaban J connectivity index is 1.57. The topological polar surface area (TPSA) is 39.7 Å². The average Bonchev–Trinajstić information content (AvgIpc) is 2.90. The van der Waals surface area contributed by atoms with Crippen LogP contribution in [-0.4, -0.2) is 36.9 Å². The van der Waals surface area contributed by atoms with Crippen LogP contribution in [0.2, 0.25) is 0 Å². The predicted octanol–water partition coefficient (Wildman–Crippen LogP) is 4.46.